The summed E-state index contributed by atoms with van der Waals surface area (Å²) >= 11 is 0. The van der Waals surface area contributed by atoms with Crippen molar-refractivity contribution in [3.63, 3.8) is 0 Å². The van der Waals surface area contributed by atoms with Gasteiger partial charge in [-0.3, -0.25) is 9.59 Å². The first-order chi connectivity index (χ1) is 12.2. The molecule has 1 heterocycles. The number of nitrogens with zero attached hydrogens (tertiary/aromatic N) is 1. The van der Waals surface area contributed by atoms with Gasteiger partial charge in [0.05, 0.1) is 0 Å². The number of rotatable bonds is 5. The zero-order valence-corrected chi connectivity index (χ0v) is 14.6. The number of anilines is 2. The monoisotopic (exact) mass is 336 g/mol. The van der Waals surface area contributed by atoms with E-state index in [0.717, 1.165) is 43.6 Å². The molecule has 0 spiro atoms. The van der Waals surface area contributed by atoms with Crippen LogP contribution in [0.25, 0.3) is 0 Å². The van der Waals surface area contributed by atoms with E-state index < -0.39 is 0 Å². The molecule has 2 aromatic rings. The lowest BCUT2D eigenvalue weighted by molar-refractivity contribution is -0.119. The summed E-state index contributed by atoms with van der Waals surface area (Å²) in [5, 5.41) is 2.91. The number of aryl methyl sites for hydroxylation is 1. The molecule has 1 saturated heterocycles. The molecular formula is C21H24N2O2. The smallest absolute Gasteiger partial charge is 0.255 e. The van der Waals surface area contributed by atoms with Crippen molar-refractivity contribution in [3.8, 4) is 0 Å². The van der Waals surface area contributed by atoms with E-state index in [1.165, 1.54) is 5.56 Å². The highest BCUT2D eigenvalue weighted by atomic mass is 16.2. The minimum Gasteiger partial charge on any atom is -0.322 e. The first-order valence-corrected chi connectivity index (χ1v) is 8.98. The van der Waals surface area contributed by atoms with Gasteiger partial charge in [-0.1, -0.05) is 25.5 Å². The molecule has 0 radical (unpaired) electrons. The van der Waals surface area contributed by atoms with Gasteiger partial charge in [0.1, 0.15) is 0 Å². The van der Waals surface area contributed by atoms with Gasteiger partial charge >= 0.3 is 0 Å². The Morgan fingerprint density at radius 1 is 1.04 bits per heavy atom. The van der Waals surface area contributed by atoms with Gasteiger partial charge in [0.15, 0.2) is 0 Å². The molecule has 25 heavy (non-hydrogen) atoms. The van der Waals surface area contributed by atoms with Crippen molar-refractivity contribution < 1.29 is 9.59 Å². The summed E-state index contributed by atoms with van der Waals surface area (Å²) in [5.74, 6) is 0.0556. The molecule has 0 bridgehead atoms. The lowest BCUT2D eigenvalue weighted by Gasteiger charge is -2.26. The fraction of sp³-hybridized carbons (Fsp3) is 0.333. The van der Waals surface area contributed by atoms with Crippen LogP contribution in [0.5, 0.6) is 0 Å². The molecule has 4 nitrogen and oxygen atoms in total. The highest BCUT2D eigenvalue weighted by Crippen LogP contribution is 2.23. The maximum Gasteiger partial charge on any atom is 0.255 e. The summed E-state index contributed by atoms with van der Waals surface area (Å²) in [4.78, 5) is 26.1. The number of amides is 2. The molecule has 1 aliphatic rings. The largest absolute Gasteiger partial charge is 0.322 e. The number of hydrogen-bond donors (Lipinski definition) is 1. The zero-order chi connectivity index (χ0) is 17.6. The summed E-state index contributed by atoms with van der Waals surface area (Å²) in [6.07, 6.45) is 4.75. The number of piperidine rings is 1. The molecule has 4 heteroatoms. The van der Waals surface area contributed by atoms with E-state index in [1.54, 1.807) is 0 Å². The number of nitrogens with one attached hydrogen (secondary N) is 1. The second-order valence-corrected chi connectivity index (χ2v) is 6.45. The van der Waals surface area contributed by atoms with Crippen LogP contribution in [0.2, 0.25) is 0 Å². The minimum atomic E-state index is -0.121. The van der Waals surface area contributed by atoms with Crippen molar-refractivity contribution in [1.29, 1.82) is 0 Å². The molecule has 1 fully saturated rings. The maximum absolute atomic E-state index is 12.3. The normalized spacial score (nSPS) is 14.4. The topological polar surface area (TPSA) is 49.4 Å². The standard InChI is InChI=1S/C21H24N2O2/c1-2-5-16-7-9-17(10-8-16)21(25)22-18-11-13-19(14-12-18)23-15-4-3-6-20(23)24/h7-14H,2-6,15H2,1H3,(H,22,25). The van der Waals surface area contributed by atoms with E-state index in [0.29, 0.717) is 12.0 Å². The van der Waals surface area contributed by atoms with Crippen molar-refractivity contribution >= 4 is 23.2 Å². The Labute approximate surface area is 148 Å². The second kappa shape index (κ2) is 7.97. The van der Waals surface area contributed by atoms with Crippen LogP contribution >= 0.6 is 0 Å². The van der Waals surface area contributed by atoms with Crippen LogP contribution in [0.1, 0.15) is 48.5 Å². The van der Waals surface area contributed by atoms with Gasteiger partial charge in [-0.15, -0.1) is 0 Å². The quantitative estimate of drug-likeness (QED) is 0.879. The van der Waals surface area contributed by atoms with Crippen molar-refractivity contribution in [1.82, 2.24) is 0 Å². The third kappa shape index (κ3) is 4.27. The molecule has 0 unspecified atom stereocenters. The molecule has 0 saturated carbocycles. The van der Waals surface area contributed by atoms with Crippen LogP contribution in [0.3, 0.4) is 0 Å². The van der Waals surface area contributed by atoms with Gasteiger partial charge in [-0.25, -0.2) is 0 Å². The van der Waals surface area contributed by atoms with Crippen LogP contribution in [-0.4, -0.2) is 18.4 Å². The third-order valence-electron chi connectivity index (χ3n) is 4.52. The second-order valence-electron chi connectivity index (χ2n) is 6.45. The molecular weight excluding hydrogens is 312 g/mol. The van der Waals surface area contributed by atoms with E-state index >= 15 is 0 Å². The van der Waals surface area contributed by atoms with Crippen LogP contribution in [0, 0.1) is 0 Å². The zero-order valence-electron chi connectivity index (χ0n) is 14.6. The van der Waals surface area contributed by atoms with E-state index in [9.17, 15) is 9.59 Å². The Kier molecular flexibility index (Phi) is 5.49. The molecule has 1 aliphatic heterocycles. The fourth-order valence-electron chi connectivity index (χ4n) is 3.12. The van der Waals surface area contributed by atoms with E-state index in [1.807, 2.05) is 53.4 Å². The molecule has 1 N–H and O–H groups in total. The average molecular weight is 336 g/mol. The van der Waals surface area contributed by atoms with E-state index in [-0.39, 0.29) is 11.8 Å². The van der Waals surface area contributed by atoms with Crippen LogP contribution in [-0.2, 0) is 11.2 Å². The number of hydrogen-bond acceptors (Lipinski definition) is 2. The average Bonchev–Trinajstić information content (AvgIpc) is 2.64. The molecule has 0 aliphatic carbocycles. The summed E-state index contributed by atoms with van der Waals surface area (Å²) < 4.78 is 0. The maximum atomic E-state index is 12.3. The lowest BCUT2D eigenvalue weighted by atomic mass is 10.1. The van der Waals surface area contributed by atoms with Crippen molar-refractivity contribution in [2.24, 2.45) is 0 Å². The van der Waals surface area contributed by atoms with Gasteiger partial charge in [0, 0.05) is 29.9 Å². The van der Waals surface area contributed by atoms with Gasteiger partial charge in [0.2, 0.25) is 5.91 Å². The Balaban J connectivity index is 1.64. The molecule has 2 amide bonds. The molecule has 130 valence electrons. The minimum absolute atomic E-state index is 0.121. The van der Waals surface area contributed by atoms with Crippen LogP contribution in [0.4, 0.5) is 11.4 Å². The highest BCUT2D eigenvalue weighted by molar-refractivity contribution is 6.04. The first kappa shape index (κ1) is 17.2. The van der Waals surface area contributed by atoms with Gasteiger partial charge in [-0.2, -0.15) is 0 Å². The van der Waals surface area contributed by atoms with Gasteiger partial charge in [-0.05, 0) is 61.2 Å². The lowest BCUT2D eigenvalue weighted by Crippen LogP contribution is -2.35. The summed E-state index contributed by atoms with van der Waals surface area (Å²) in [5.41, 5.74) is 3.52. The third-order valence-corrected chi connectivity index (χ3v) is 4.52. The molecule has 2 aromatic carbocycles. The van der Waals surface area contributed by atoms with Gasteiger partial charge < -0.3 is 10.2 Å². The van der Waals surface area contributed by atoms with Crippen molar-refractivity contribution in [3.05, 3.63) is 59.7 Å². The number of benzene rings is 2. The predicted molar refractivity (Wildman–Crippen MR) is 101 cm³/mol. The van der Waals surface area contributed by atoms with Crippen molar-refractivity contribution in [2.75, 3.05) is 16.8 Å². The van der Waals surface area contributed by atoms with Gasteiger partial charge in [0.25, 0.3) is 5.91 Å². The summed E-state index contributed by atoms with van der Waals surface area (Å²) in [7, 11) is 0. The van der Waals surface area contributed by atoms with Crippen LogP contribution < -0.4 is 10.2 Å². The highest BCUT2D eigenvalue weighted by Gasteiger charge is 2.19. The Morgan fingerprint density at radius 3 is 2.40 bits per heavy atom. The van der Waals surface area contributed by atoms with Crippen molar-refractivity contribution in [2.45, 2.75) is 39.0 Å². The molecule has 3 rings (SSSR count). The fourth-order valence-corrected chi connectivity index (χ4v) is 3.12. The Bertz CT molecular complexity index is 735. The molecule has 0 aromatic heterocycles. The van der Waals surface area contributed by atoms with E-state index in [4.69, 9.17) is 0 Å². The Hall–Kier alpha value is -2.62. The first-order valence-electron chi connectivity index (χ1n) is 8.98. The number of carbonyl (C=O) groups excluding carboxylic acids is 2. The SMILES string of the molecule is CCCc1ccc(C(=O)Nc2ccc(N3CCCCC3=O)cc2)cc1. The summed E-state index contributed by atoms with van der Waals surface area (Å²) in [6, 6.07) is 15.2. The Morgan fingerprint density at radius 2 is 1.76 bits per heavy atom. The molecule has 0 atom stereocenters. The predicted octanol–water partition coefficient (Wildman–Crippen LogP) is 4.41. The summed E-state index contributed by atoms with van der Waals surface area (Å²) in [6.45, 7) is 2.91. The van der Waals surface area contributed by atoms with Crippen LogP contribution in [0.15, 0.2) is 48.5 Å². The van der Waals surface area contributed by atoms with E-state index in [2.05, 4.69) is 12.2 Å². The number of carbonyl (C=O) groups is 2.